The molecule has 3 aromatic rings. The van der Waals surface area contributed by atoms with Crippen molar-refractivity contribution >= 4 is 56.8 Å². The summed E-state index contributed by atoms with van der Waals surface area (Å²) in [5, 5.41) is 4.38. The number of halogens is 1. The summed E-state index contributed by atoms with van der Waals surface area (Å²) < 4.78 is 41.2. The van der Waals surface area contributed by atoms with Crippen LogP contribution in [0.2, 0.25) is 0 Å². The van der Waals surface area contributed by atoms with Crippen molar-refractivity contribution < 1.29 is 32.3 Å². The maximum Gasteiger partial charge on any atom is 0.308 e. The fraction of sp³-hybridized carbons (Fsp3) is 0.486. The predicted molar refractivity (Wildman–Crippen MR) is 191 cm³/mol. The number of aryl methyl sites for hydroxylation is 1. The molecule has 1 aromatic heterocycles. The number of nitrogens with one attached hydrogen (secondary N) is 2. The predicted octanol–water partition coefficient (Wildman–Crippen LogP) is 4.29. The number of nitrogen functional groups attached to an aromatic ring is 1. The lowest BCUT2D eigenvalue weighted by molar-refractivity contribution is -0.156. The van der Waals surface area contributed by atoms with E-state index in [-0.39, 0.29) is 29.6 Å². The molecule has 0 radical (unpaired) electrons. The zero-order valence-corrected chi connectivity index (χ0v) is 30.8. The van der Waals surface area contributed by atoms with Crippen LogP contribution in [-0.4, -0.2) is 74.0 Å². The van der Waals surface area contributed by atoms with Crippen LogP contribution in [0.3, 0.4) is 0 Å². The summed E-state index contributed by atoms with van der Waals surface area (Å²) in [5.74, 6) is -1.04. The summed E-state index contributed by atoms with van der Waals surface area (Å²) in [6.07, 6.45) is 3.80. The number of carbonyl (C=O) groups is 3. The molecule has 0 bridgehead atoms. The van der Waals surface area contributed by atoms with E-state index >= 15 is 0 Å². The van der Waals surface area contributed by atoms with Crippen molar-refractivity contribution in [2.24, 2.45) is 0 Å². The molecular weight excluding hydrogens is 670 g/mol. The first-order chi connectivity index (χ1) is 22.5. The Morgan fingerprint density at radius 3 is 2.31 bits per heavy atom. The molecule has 49 heavy (non-hydrogen) atoms. The number of nitrogens with two attached hydrogens (primary N) is 1. The van der Waals surface area contributed by atoms with Crippen LogP contribution in [0.25, 0.3) is 10.8 Å². The SMILES string of the molecule is COc1cc(C)c(S(=O)(=O)N[C@@H](CC(=O)OC(C)(C)C)C(=O)NC(Cc2ccc3ccnc(N)c3c2)C(=O)N2CCCCC2)c(C)c1C.Cl. The van der Waals surface area contributed by atoms with Gasteiger partial charge in [-0.05, 0) is 107 Å². The molecule has 0 spiro atoms. The highest BCUT2D eigenvalue weighted by molar-refractivity contribution is 7.89. The Morgan fingerprint density at radius 2 is 1.67 bits per heavy atom. The Bertz CT molecular complexity index is 1800. The number of ether oxygens (including phenoxy) is 2. The van der Waals surface area contributed by atoms with Gasteiger partial charge in [-0.3, -0.25) is 14.4 Å². The van der Waals surface area contributed by atoms with Gasteiger partial charge in [0.15, 0.2) is 0 Å². The average molecular weight is 718 g/mol. The van der Waals surface area contributed by atoms with Gasteiger partial charge < -0.3 is 25.4 Å². The van der Waals surface area contributed by atoms with Crippen LogP contribution in [0.1, 0.15) is 68.7 Å². The van der Waals surface area contributed by atoms with E-state index in [1.54, 1.807) is 58.7 Å². The Labute approximate surface area is 295 Å². The van der Waals surface area contributed by atoms with Crippen molar-refractivity contribution in [1.82, 2.24) is 19.9 Å². The molecule has 2 atom stereocenters. The number of benzene rings is 2. The van der Waals surface area contributed by atoms with Crippen molar-refractivity contribution in [2.75, 3.05) is 25.9 Å². The van der Waals surface area contributed by atoms with Crippen LogP contribution in [0.15, 0.2) is 41.4 Å². The standard InChI is InChI=1S/C35H47N5O7S.ClH/c1-21-17-29(46-7)22(2)23(3)31(21)48(44,45)39-27(20-30(41)47-35(4,5)6)33(42)38-28(34(43)40-15-9-8-10-16-40)19-24-11-12-25-13-14-37-32(36)26(25)18-24;/h11-14,17-18,27-28,39H,8-10,15-16,19-20H2,1-7H3,(H2,36,37)(H,38,42);1H/t27-,28?;/m0./s1. The van der Waals surface area contributed by atoms with Gasteiger partial charge in [-0.15, -0.1) is 12.4 Å². The number of fused-ring (bicyclic) bond motifs is 1. The summed E-state index contributed by atoms with van der Waals surface area (Å²) in [6, 6.07) is 6.35. The van der Waals surface area contributed by atoms with Crippen LogP contribution in [0.5, 0.6) is 5.75 Å². The normalized spacial score (nSPS) is 14.8. The average Bonchev–Trinajstić information content (AvgIpc) is 3.01. The molecule has 0 saturated carbocycles. The molecule has 1 saturated heterocycles. The van der Waals surface area contributed by atoms with Crippen molar-refractivity contribution in [3.05, 3.63) is 58.8 Å². The Kier molecular flexibility index (Phi) is 13.0. The summed E-state index contributed by atoms with van der Waals surface area (Å²) >= 11 is 0. The second kappa shape index (κ2) is 16.2. The first-order valence-electron chi connectivity index (χ1n) is 16.1. The fourth-order valence-electron chi connectivity index (χ4n) is 6.04. The number of rotatable bonds is 11. The minimum Gasteiger partial charge on any atom is -0.496 e. The largest absolute Gasteiger partial charge is 0.496 e. The molecular formula is C35H48ClN5O7S. The third-order valence-electron chi connectivity index (χ3n) is 8.46. The van der Waals surface area contributed by atoms with E-state index in [1.807, 2.05) is 24.3 Å². The second-order valence-electron chi connectivity index (χ2n) is 13.3. The molecule has 4 N–H and O–H groups in total. The van der Waals surface area contributed by atoms with Crippen molar-refractivity contribution in [2.45, 2.75) is 96.2 Å². The second-order valence-corrected chi connectivity index (χ2v) is 15.0. The minimum atomic E-state index is -4.36. The van der Waals surface area contributed by atoms with E-state index in [2.05, 4.69) is 15.0 Å². The summed E-state index contributed by atoms with van der Waals surface area (Å²) in [6.45, 7) is 11.1. The van der Waals surface area contributed by atoms with Crippen LogP contribution in [-0.2, 0) is 35.6 Å². The van der Waals surface area contributed by atoms with E-state index in [4.69, 9.17) is 15.2 Å². The molecule has 14 heteroatoms. The van der Waals surface area contributed by atoms with Gasteiger partial charge in [0.05, 0.1) is 18.4 Å². The lowest BCUT2D eigenvalue weighted by Crippen LogP contribution is -2.56. The van der Waals surface area contributed by atoms with Gasteiger partial charge in [-0.2, -0.15) is 4.72 Å². The van der Waals surface area contributed by atoms with E-state index in [0.29, 0.717) is 46.7 Å². The third kappa shape index (κ3) is 9.83. The van der Waals surface area contributed by atoms with Gasteiger partial charge in [0.25, 0.3) is 0 Å². The lowest BCUT2D eigenvalue weighted by Gasteiger charge is -2.31. The highest BCUT2D eigenvalue weighted by Crippen LogP contribution is 2.31. The van der Waals surface area contributed by atoms with Gasteiger partial charge in [-0.1, -0.05) is 12.1 Å². The maximum atomic E-state index is 14.1. The van der Waals surface area contributed by atoms with Gasteiger partial charge >= 0.3 is 5.97 Å². The number of aromatic nitrogens is 1. The fourth-order valence-corrected chi connectivity index (χ4v) is 7.76. The molecule has 1 fully saturated rings. The highest BCUT2D eigenvalue weighted by Gasteiger charge is 2.35. The minimum absolute atomic E-state index is 0. The molecule has 1 aliphatic rings. The number of sulfonamides is 1. The number of nitrogens with zero attached hydrogens (tertiary/aromatic N) is 2. The number of hydrogen-bond acceptors (Lipinski definition) is 9. The van der Waals surface area contributed by atoms with Crippen LogP contribution >= 0.6 is 12.4 Å². The molecule has 12 nitrogen and oxygen atoms in total. The number of esters is 1. The van der Waals surface area contributed by atoms with Gasteiger partial charge in [-0.25, -0.2) is 13.4 Å². The van der Waals surface area contributed by atoms with E-state index in [9.17, 15) is 22.8 Å². The zero-order chi connectivity index (χ0) is 35.4. The molecule has 1 unspecified atom stereocenters. The van der Waals surface area contributed by atoms with Crippen LogP contribution < -0.4 is 20.5 Å². The number of methoxy groups -OCH3 is 1. The van der Waals surface area contributed by atoms with E-state index < -0.39 is 46.0 Å². The quantitative estimate of drug-likeness (QED) is 0.245. The molecule has 2 amide bonds. The number of piperidine rings is 1. The number of likely N-dealkylation sites (tertiary alicyclic amines) is 1. The zero-order valence-electron chi connectivity index (χ0n) is 29.2. The van der Waals surface area contributed by atoms with Crippen LogP contribution in [0, 0.1) is 20.8 Å². The Hall–Kier alpha value is -3.94. The topological polar surface area (TPSA) is 170 Å². The van der Waals surface area contributed by atoms with Crippen molar-refractivity contribution in [3.63, 3.8) is 0 Å². The third-order valence-corrected chi connectivity index (χ3v) is 10.2. The molecule has 4 rings (SSSR count). The van der Waals surface area contributed by atoms with Gasteiger partial charge in [0, 0.05) is 31.1 Å². The molecule has 2 aromatic carbocycles. The molecule has 268 valence electrons. The Balaban J connectivity index is 0.00000650. The monoisotopic (exact) mass is 717 g/mol. The highest BCUT2D eigenvalue weighted by atomic mass is 35.5. The molecule has 0 aliphatic carbocycles. The van der Waals surface area contributed by atoms with Crippen LogP contribution in [0.4, 0.5) is 5.82 Å². The molecule has 1 aliphatic heterocycles. The summed E-state index contributed by atoms with van der Waals surface area (Å²) in [5.41, 5.74) is 7.44. The summed E-state index contributed by atoms with van der Waals surface area (Å²) in [4.78, 5) is 46.9. The lowest BCUT2D eigenvalue weighted by atomic mass is 10.00. The van der Waals surface area contributed by atoms with Gasteiger partial charge in [0.1, 0.15) is 29.3 Å². The number of anilines is 1. The number of pyridine rings is 1. The first kappa shape index (κ1) is 39.5. The number of carbonyl (C=O) groups excluding carboxylic acids is 3. The number of amides is 2. The first-order valence-corrected chi connectivity index (χ1v) is 17.6. The van der Waals surface area contributed by atoms with E-state index in [1.165, 1.54) is 7.11 Å². The molecule has 2 heterocycles. The number of hydrogen-bond donors (Lipinski definition) is 3. The maximum absolute atomic E-state index is 14.1. The summed E-state index contributed by atoms with van der Waals surface area (Å²) in [7, 11) is -2.86. The van der Waals surface area contributed by atoms with Gasteiger partial charge in [0.2, 0.25) is 21.8 Å². The van der Waals surface area contributed by atoms with E-state index in [0.717, 1.165) is 30.2 Å². The van der Waals surface area contributed by atoms with Crippen molar-refractivity contribution in [1.29, 1.82) is 0 Å². The smallest absolute Gasteiger partial charge is 0.308 e. The van der Waals surface area contributed by atoms with Crippen molar-refractivity contribution in [3.8, 4) is 5.75 Å². The Morgan fingerprint density at radius 1 is 1.00 bits per heavy atom.